The van der Waals surface area contributed by atoms with Gasteiger partial charge >= 0.3 is 0 Å². The molecule has 0 atom stereocenters. The monoisotopic (exact) mass is 308 g/mol. The Bertz CT molecular complexity index is 867. The molecule has 1 heterocycles. The van der Waals surface area contributed by atoms with E-state index < -0.39 is 0 Å². The normalized spacial score (nSPS) is 10.9. The van der Waals surface area contributed by atoms with Crippen LogP contribution in [0.2, 0.25) is 0 Å². The lowest BCUT2D eigenvalue weighted by molar-refractivity contribution is 0.317. The molecule has 3 aromatic rings. The van der Waals surface area contributed by atoms with Crippen molar-refractivity contribution in [3.05, 3.63) is 70.1 Å². The van der Waals surface area contributed by atoms with Crippen LogP contribution in [0.15, 0.2) is 53.3 Å². The summed E-state index contributed by atoms with van der Waals surface area (Å²) in [7, 11) is 1.79. The van der Waals surface area contributed by atoms with E-state index in [2.05, 4.69) is 11.9 Å². The van der Waals surface area contributed by atoms with Crippen LogP contribution in [0.3, 0.4) is 0 Å². The highest BCUT2D eigenvalue weighted by molar-refractivity contribution is 5.74. The van der Waals surface area contributed by atoms with Gasteiger partial charge in [0.25, 0.3) is 5.56 Å². The van der Waals surface area contributed by atoms with Crippen molar-refractivity contribution >= 4 is 11.0 Å². The second kappa shape index (κ2) is 6.65. The van der Waals surface area contributed by atoms with Gasteiger partial charge in [-0.05, 0) is 36.2 Å². The van der Waals surface area contributed by atoms with Gasteiger partial charge in [0.2, 0.25) is 0 Å². The third kappa shape index (κ3) is 3.26. The van der Waals surface area contributed by atoms with Crippen molar-refractivity contribution in [2.75, 3.05) is 6.61 Å². The van der Waals surface area contributed by atoms with E-state index in [-0.39, 0.29) is 5.56 Å². The first kappa shape index (κ1) is 15.3. The van der Waals surface area contributed by atoms with Crippen LogP contribution >= 0.6 is 0 Å². The van der Waals surface area contributed by atoms with Gasteiger partial charge in [0.15, 0.2) is 0 Å². The summed E-state index contributed by atoms with van der Waals surface area (Å²) in [6, 6.07) is 15.5. The lowest BCUT2D eigenvalue weighted by Gasteiger charge is -2.09. The molecule has 118 valence electrons. The Morgan fingerprint density at radius 1 is 1.09 bits per heavy atom. The summed E-state index contributed by atoms with van der Waals surface area (Å²) < 4.78 is 7.24. The highest BCUT2D eigenvalue weighted by Gasteiger charge is 2.09. The summed E-state index contributed by atoms with van der Waals surface area (Å²) in [5.41, 5.74) is 3.26. The van der Waals surface area contributed by atoms with Crippen LogP contribution in [0.4, 0.5) is 0 Å². The number of aromatic nitrogens is 2. The Labute approximate surface area is 135 Å². The number of ether oxygens (including phenoxy) is 1. The molecule has 2 aromatic carbocycles. The van der Waals surface area contributed by atoms with Crippen LogP contribution in [0.25, 0.3) is 11.0 Å². The molecule has 0 aliphatic carbocycles. The van der Waals surface area contributed by atoms with Crippen molar-refractivity contribution in [2.24, 2.45) is 7.05 Å². The zero-order valence-electron chi connectivity index (χ0n) is 13.5. The second-order valence-electron chi connectivity index (χ2n) is 5.58. The fraction of sp³-hybridized carbons (Fsp3) is 0.263. The Morgan fingerprint density at radius 3 is 2.57 bits per heavy atom. The number of aryl methyl sites for hydroxylation is 1. The van der Waals surface area contributed by atoms with E-state index in [9.17, 15) is 4.79 Å². The molecule has 0 bridgehead atoms. The number of benzene rings is 2. The highest BCUT2D eigenvalue weighted by Crippen LogP contribution is 2.15. The summed E-state index contributed by atoms with van der Waals surface area (Å²) in [6.07, 6.45) is 1.50. The predicted molar refractivity (Wildman–Crippen MR) is 92.0 cm³/mol. The molecule has 0 unspecified atom stereocenters. The van der Waals surface area contributed by atoms with Gasteiger partial charge in [0, 0.05) is 13.5 Å². The number of hydrogen-bond donors (Lipinski definition) is 0. The quantitative estimate of drug-likeness (QED) is 0.726. The maximum atomic E-state index is 12.5. The molecular weight excluding hydrogens is 288 g/mol. The van der Waals surface area contributed by atoms with Gasteiger partial charge in [-0.15, -0.1) is 0 Å². The third-order valence-electron chi connectivity index (χ3n) is 3.82. The largest absolute Gasteiger partial charge is 0.494 e. The average molecular weight is 308 g/mol. The van der Waals surface area contributed by atoms with Crippen molar-refractivity contribution in [1.29, 1.82) is 0 Å². The van der Waals surface area contributed by atoms with E-state index >= 15 is 0 Å². The zero-order chi connectivity index (χ0) is 16.2. The van der Waals surface area contributed by atoms with Gasteiger partial charge in [0.1, 0.15) is 11.4 Å². The lowest BCUT2D eigenvalue weighted by Crippen LogP contribution is -2.23. The summed E-state index contributed by atoms with van der Waals surface area (Å²) in [4.78, 5) is 17.0. The molecule has 0 N–H and O–H groups in total. The first-order valence-corrected chi connectivity index (χ1v) is 7.85. The van der Waals surface area contributed by atoms with E-state index in [0.29, 0.717) is 18.7 Å². The van der Waals surface area contributed by atoms with Gasteiger partial charge < -0.3 is 9.30 Å². The molecule has 0 amide bonds. The van der Waals surface area contributed by atoms with Gasteiger partial charge in [-0.1, -0.05) is 31.2 Å². The Morgan fingerprint density at radius 2 is 1.83 bits per heavy atom. The van der Waals surface area contributed by atoms with Crippen LogP contribution in [-0.2, 0) is 13.5 Å². The van der Waals surface area contributed by atoms with Gasteiger partial charge in [0.05, 0.1) is 17.6 Å². The van der Waals surface area contributed by atoms with Crippen molar-refractivity contribution in [2.45, 2.75) is 19.8 Å². The van der Waals surface area contributed by atoms with Gasteiger partial charge in [-0.2, -0.15) is 0 Å². The van der Waals surface area contributed by atoms with Crippen molar-refractivity contribution in [1.82, 2.24) is 9.55 Å². The average Bonchev–Trinajstić information content (AvgIpc) is 2.59. The maximum absolute atomic E-state index is 12.5. The fourth-order valence-electron chi connectivity index (χ4n) is 2.57. The molecule has 0 spiro atoms. The van der Waals surface area contributed by atoms with E-state index in [1.807, 2.05) is 48.5 Å². The second-order valence-corrected chi connectivity index (χ2v) is 5.58. The fourth-order valence-corrected chi connectivity index (χ4v) is 2.57. The molecule has 0 radical (unpaired) electrons. The smallest absolute Gasteiger partial charge is 0.272 e. The van der Waals surface area contributed by atoms with Crippen LogP contribution < -0.4 is 10.3 Å². The SMILES string of the molecule is CCCOc1ccc(Cc2nc3ccccc3n(C)c2=O)cc1. The summed E-state index contributed by atoms with van der Waals surface area (Å²) >= 11 is 0. The Balaban J connectivity index is 1.89. The van der Waals surface area contributed by atoms with Crippen LogP contribution in [0.5, 0.6) is 5.75 Å². The van der Waals surface area contributed by atoms with Crippen LogP contribution in [-0.4, -0.2) is 16.2 Å². The molecule has 0 saturated heterocycles. The molecule has 0 saturated carbocycles. The molecule has 0 aliphatic heterocycles. The van der Waals surface area contributed by atoms with Crippen molar-refractivity contribution in [3.63, 3.8) is 0 Å². The Hall–Kier alpha value is -2.62. The number of rotatable bonds is 5. The topological polar surface area (TPSA) is 44.1 Å². The minimum atomic E-state index is -0.0463. The molecule has 3 rings (SSSR count). The van der Waals surface area contributed by atoms with Crippen LogP contribution in [0, 0.1) is 0 Å². The van der Waals surface area contributed by atoms with Gasteiger partial charge in [-0.3, -0.25) is 4.79 Å². The minimum Gasteiger partial charge on any atom is -0.494 e. The molecule has 0 fully saturated rings. The Kier molecular flexibility index (Phi) is 4.42. The van der Waals surface area contributed by atoms with Crippen molar-refractivity contribution in [3.8, 4) is 5.75 Å². The highest BCUT2D eigenvalue weighted by atomic mass is 16.5. The molecule has 1 aromatic heterocycles. The standard InChI is InChI=1S/C19H20N2O2/c1-3-12-23-15-10-8-14(9-11-15)13-17-19(22)21(2)18-7-5-4-6-16(18)20-17/h4-11H,3,12-13H2,1-2H3. The minimum absolute atomic E-state index is 0.0463. The van der Waals surface area contributed by atoms with Crippen LogP contribution in [0.1, 0.15) is 24.6 Å². The molecule has 4 nitrogen and oxygen atoms in total. The predicted octanol–water partition coefficient (Wildman–Crippen LogP) is 3.31. The molecule has 23 heavy (non-hydrogen) atoms. The number of para-hydroxylation sites is 2. The molecule has 0 aliphatic rings. The van der Waals surface area contributed by atoms with E-state index in [0.717, 1.165) is 28.8 Å². The molecule has 4 heteroatoms. The number of hydrogen-bond acceptors (Lipinski definition) is 3. The van der Waals surface area contributed by atoms with E-state index in [1.165, 1.54) is 0 Å². The third-order valence-corrected chi connectivity index (χ3v) is 3.82. The first-order chi connectivity index (χ1) is 11.2. The number of fused-ring (bicyclic) bond motifs is 1. The zero-order valence-corrected chi connectivity index (χ0v) is 13.5. The van der Waals surface area contributed by atoms with Gasteiger partial charge in [-0.25, -0.2) is 4.98 Å². The summed E-state index contributed by atoms with van der Waals surface area (Å²) in [6.45, 7) is 2.79. The number of nitrogens with zero attached hydrogens (tertiary/aromatic N) is 2. The summed E-state index contributed by atoms with van der Waals surface area (Å²) in [5, 5.41) is 0. The maximum Gasteiger partial charge on any atom is 0.272 e. The lowest BCUT2D eigenvalue weighted by atomic mass is 10.1. The first-order valence-electron chi connectivity index (χ1n) is 7.85. The molecular formula is C19H20N2O2. The van der Waals surface area contributed by atoms with E-state index in [4.69, 9.17) is 4.74 Å². The van der Waals surface area contributed by atoms with Crippen molar-refractivity contribution < 1.29 is 4.74 Å². The summed E-state index contributed by atoms with van der Waals surface area (Å²) in [5.74, 6) is 0.856. The van der Waals surface area contributed by atoms with E-state index in [1.54, 1.807) is 11.6 Å².